The number of aromatic nitrogens is 1. The summed E-state index contributed by atoms with van der Waals surface area (Å²) in [6.07, 6.45) is 1.65. The second-order valence-corrected chi connectivity index (χ2v) is 7.57. The summed E-state index contributed by atoms with van der Waals surface area (Å²) in [6.45, 7) is 1.80. The molecular formula is C23H25FN5O3+. The van der Waals surface area contributed by atoms with Crippen molar-refractivity contribution in [3.05, 3.63) is 82.0 Å². The van der Waals surface area contributed by atoms with Gasteiger partial charge in [0.2, 0.25) is 0 Å². The van der Waals surface area contributed by atoms with Crippen molar-refractivity contribution < 1.29 is 19.2 Å². The summed E-state index contributed by atoms with van der Waals surface area (Å²) in [4.78, 5) is 29.6. The van der Waals surface area contributed by atoms with Gasteiger partial charge in [-0.05, 0) is 23.6 Å². The first-order valence-electron chi connectivity index (χ1n) is 10.3. The van der Waals surface area contributed by atoms with Gasteiger partial charge in [-0.25, -0.2) is 10.2 Å². The fraction of sp³-hybridized carbons (Fsp3) is 0.217. The standard InChI is InChI=1S/C23H24FN5O3/c1-28(25)21(18-12-15-4-2-3-5-20(15)27-22(18)30)14-26-16-6-7-17(19(24)13-16)23(31)29-8-10-32-11-9-29/h2-7,12-14,26H,8-11,25H2,1H3,(H,27,30)/p+1. The zero-order chi connectivity index (χ0) is 22.7. The summed E-state index contributed by atoms with van der Waals surface area (Å²) in [7, 11) is 1.62. The van der Waals surface area contributed by atoms with Crippen molar-refractivity contribution in [3.63, 3.8) is 0 Å². The van der Waals surface area contributed by atoms with E-state index in [-0.39, 0.29) is 17.0 Å². The number of para-hydroxylation sites is 1. The molecule has 2 aromatic carbocycles. The number of halogens is 1. The molecule has 8 nitrogen and oxygen atoms in total. The van der Waals surface area contributed by atoms with E-state index in [1.165, 1.54) is 17.1 Å². The van der Waals surface area contributed by atoms with E-state index < -0.39 is 5.82 Å². The number of benzene rings is 2. The quantitative estimate of drug-likeness (QED) is 0.315. The zero-order valence-electron chi connectivity index (χ0n) is 17.7. The largest absolute Gasteiger partial charge is 0.378 e. The number of morpholine rings is 1. The third-order valence-electron chi connectivity index (χ3n) is 5.36. The molecule has 0 aliphatic carbocycles. The molecule has 1 fully saturated rings. The average molecular weight is 438 g/mol. The number of H-pyrrole nitrogens is 1. The van der Waals surface area contributed by atoms with Gasteiger partial charge in [0.1, 0.15) is 23.4 Å². The number of nitrogens with two attached hydrogens (primary N) is 2. The van der Waals surface area contributed by atoms with Crippen molar-refractivity contribution in [1.29, 1.82) is 0 Å². The summed E-state index contributed by atoms with van der Waals surface area (Å²) >= 11 is 0. The molecule has 32 heavy (non-hydrogen) atoms. The van der Waals surface area contributed by atoms with Crippen molar-refractivity contribution in [1.82, 2.24) is 14.9 Å². The molecule has 0 spiro atoms. The molecule has 4 rings (SSSR count). The van der Waals surface area contributed by atoms with Gasteiger partial charge < -0.3 is 19.6 Å². The number of ether oxygens (including phenoxy) is 1. The number of hydrazine groups is 1. The number of nitrogens with zero attached hydrogens (tertiary/aromatic N) is 2. The Labute approximate surface area is 184 Å². The normalized spacial score (nSPS) is 14.6. The van der Waals surface area contributed by atoms with Crippen molar-refractivity contribution in [2.45, 2.75) is 0 Å². The van der Waals surface area contributed by atoms with Crippen LogP contribution in [0.5, 0.6) is 0 Å². The summed E-state index contributed by atoms with van der Waals surface area (Å²) in [5.74, 6) is 5.03. The monoisotopic (exact) mass is 438 g/mol. The predicted octanol–water partition coefficient (Wildman–Crippen LogP) is 1.14. The molecule has 0 radical (unpaired) electrons. The summed E-state index contributed by atoms with van der Waals surface area (Å²) in [5, 5.41) is 3.86. The van der Waals surface area contributed by atoms with Crippen molar-refractivity contribution in [2.75, 3.05) is 33.4 Å². The Morgan fingerprint density at radius 1 is 1.19 bits per heavy atom. The van der Waals surface area contributed by atoms with Crippen LogP contribution in [0.25, 0.3) is 16.6 Å². The third-order valence-corrected chi connectivity index (χ3v) is 5.36. The van der Waals surface area contributed by atoms with Crippen LogP contribution in [0.4, 0.5) is 10.1 Å². The Bertz CT molecular complexity index is 1230. The number of hydrogen-bond acceptors (Lipinski definition) is 5. The van der Waals surface area contributed by atoms with E-state index in [9.17, 15) is 14.0 Å². The van der Waals surface area contributed by atoms with Crippen molar-refractivity contribution >= 4 is 28.2 Å². The summed E-state index contributed by atoms with van der Waals surface area (Å²) in [5.41, 5.74) is 1.87. The van der Waals surface area contributed by atoms with Crippen LogP contribution in [0.3, 0.4) is 0 Å². The number of rotatable bonds is 5. The molecular weight excluding hydrogens is 413 g/mol. The number of fused-ring (bicyclic) bond motifs is 1. The van der Waals surface area contributed by atoms with Gasteiger partial charge in [0.25, 0.3) is 11.5 Å². The number of carbonyl (C=O) groups excluding carboxylic acids is 1. The Balaban J connectivity index is 1.59. The van der Waals surface area contributed by atoms with Gasteiger partial charge in [0.05, 0.1) is 24.3 Å². The average Bonchev–Trinajstić information content (AvgIpc) is 2.79. The van der Waals surface area contributed by atoms with E-state index in [1.807, 2.05) is 24.3 Å². The lowest BCUT2D eigenvalue weighted by Crippen LogP contribution is -2.71. The van der Waals surface area contributed by atoms with E-state index in [1.54, 1.807) is 35.6 Å². The van der Waals surface area contributed by atoms with Crippen LogP contribution in [0, 0.1) is 5.82 Å². The first-order chi connectivity index (χ1) is 15.4. The number of carbonyl (C=O) groups is 1. The molecule has 1 aliphatic heterocycles. The van der Waals surface area contributed by atoms with E-state index in [0.717, 1.165) is 10.9 Å². The second-order valence-electron chi connectivity index (χ2n) is 7.57. The Hall–Kier alpha value is -3.53. The van der Waals surface area contributed by atoms with E-state index in [0.29, 0.717) is 43.3 Å². The zero-order valence-corrected chi connectivity index (χ0v) is 17.7. The minimum Gasteiger partial charge on any atom is -0.378 e. The Morgan fingerprint density at radius 3 is 2.66 bits per heavy atom. The fourth-order valence-electron chi connectivity index (χ4n) is 3.66. The highest BCUT2D eigenvalue weighted by atomic mass is 19.1. The molecule has 1 aliphatic rings. The molecule has 0 bridgehead atoms. The van der Waals surface area contributed by atoms with Crippen LogP contribution in [-0.2, 0) is 4.74 Å². The Morgan fingerprint density at radius 2 is 1.94 bits per heavy atom. The molecule has 0 unspecified atom stereocenters. The van der Waals surface area contributed by atoms with Gasteiger partial charge in [0, 0.05) is 37.8 Å². The highest BCUT2D eigenvalue weighted by Crippen LogP contribution is 2.17. The summed E-state index contributed by atoms with van der Waals surface area (Å²) in [6, 6.07) is 13.6. The molecule has 0 atom stereocenters. The SMILES string of the molecule is CN(N)C(=C[NH2+]c1ccc(C(=O)N2CCOCC2)c(F)c1)c1cc2ccccc2[nH]c1=O. The lowest BCUT2D eigenvalue weighted by atomic mass is 10.1. The van der Waals surface area contributed by atoms with Gasteiger partial charge in [-0.3, -0.25) is 14.9 Å². The first-order valence-corrected chi connectivity index (χ1v) is 10.3. The van der Waals surface area contributed by atoms with E-state index >= 15 is 0 Å². The summed E-state index contributed by atoms with van der Waals surface area (Å²) < 4.78 is 19.9. The number of amides is 1. The van der Waals surface area contributed by atoms with Crippen LogP contribution in [-0.4, -0.2) is 54.2 Å². The van der Waals surface area contributed by atoms with Crippen LogP contribution in [0.15, 0.2) is 59.5 Å². The number of hydrogen-bond donors (Lipinski definition) is 3. The number of nitrogens with one attached hydrogen (secondary N) is 1. The van der Waals surface area contributed by atoms with Crippen LogP contribution in [0.2, 0.25) is 0 Å². The second kappa shape index (κ2) is 9.31. The van der Waals surface area contributed by atoms with E-state index in [2.05, 4.69) is 4.98 Å². The van der Waals surface area contributed by atoms with Gasteiger partial charge in [-0.2, -0.15) is 0 Å². The minimum absolute atomic E-state index is 0.0233. The van der Waals surface area contributed by atoms with Crippen molar-refractivity contribution in [2.24, 2.45) is 5.84 Å². The molecule has 3 aromatic rings. The topological polar surface area (TPSA) is 108 Å². The highest BCUT2D eigenvalue weighted by molar-refractivity contribution is 5.94. The number of aromatic amines is 1. The maximum atomic E-state index is 14.7. The van der Waals surface area contributed by atoms with Crippen LogP contribution >= 0.6 is 0 Å². The van der Waals surface area contributed by atoms with Crippen LogP contribution in [0.1, 0.15) is 15.9 Å². The van der Waals surface area contributed by atoms with E-state index in [4.69, 9.17) is 10.6 Å². The molecule has 9 heteroatoms. The molecule has 0 saturated carbocycles. The lowest BCUT2D eigenvalue weighted by molar-refractivity contribution is -0.496. The maximum absolute atomic E-state index is 14.7. The maximum Gasteiger partial charge on any atom is 0.258 e. The van der Waals surface area contributed by atoms with Gasteiger partial charge in [0.15, 0.2) is 0 Å². The van der Waals surface area contributed by atoms with Gasteiger partial charge in [-0.1, -0.05) is 18.2 Å². The molecule has 5 N–H and O–H groups in total. The fourth-order valence-corrected chi connectivity index (χ4v) is 3.66. The highest BCUT2D eigenvalue weighted by Gasteiger charge is 2.22. The molecule has 1 amide bonds. The van der Waals surface area contributed by atoms with Gasteiger partial charge >= 0.3 is 0 Å². The first kappa shape index (κ1) is 21.7. The smallest absolute Gasteiger partial charge is 0.258 e. The molecule has 2 heterocycles. The lowest BCUT2D eigenvalue weighted by Gasteiger charge is -2.26. The van der Waals surface area contributed by atoms with Crippen molar-refractivity contribution in [3.8, 4) is 0 Å². The number of quaternary nitrogens is 1. The third kappa shape index (κ3) is 4.54. The Kier molecular flexibility index (Phi) is 6.31. The van der Waals surface area contributed by atoms with Crippen LogP contribution < -0.4 is 16.7 Å². The van der Waals surface area contributed by atoms with Gasteiger partial charge in [-0.15, -0.1) is 0 Å². The minimum atomic E-state index is -0.602. The number of pyridine rings is 1. The molecule has 1 aromatic heterocycles. The predicted molar refractivity (Wildman–Crippen MR) is 119 cm³/mol. The molecule has 166 valence electrons. The molecule has 1 saturated heterocycles.